The molecule has 2 unspecified atom stereocenters. The van der Waals surface area contributed by atoms with E-state index < -0.39 is 5.54 Å². The second-order valence-corrected chi connectivity index (χ2v) is 7.04. The number of piperazine rings is 1. The van der Waals surface area contributed by atoms with E-state index in [4.69, 9.17) is 0 Å². The van der Waals surface area contributed by atoms with Crippen LogP contribution in [0.3, 0.4) is 0 Å². The van der Waals surface area contributed by atoms with Crippen molar-refractivity contribution >= 4 is 11.8 Å². The zero-order valence-electron chi connectivity index (χ0n) is 12.5. The van der Waals surface area contributed by atoms with E-state index in [1.165, 1.54) is 19.3 Å². The van der Waals surface area contributed by atoms with Crippen LogP contribution < -0.4 is 5.32 Å². The van der Waals surface area contributed by atoms with Crippen LogP contribution in [0, 0.1) is 5.92 Å². The van der Waals surface area contributed by atoms with Gasteiger partial charge in [-0.05, 0) is 38.0 Å². The fourth-order valence-corrected chi connectivity index (χ4v) is 4.25. The van der Waals surface area contributed by atoms with Gasteiger partial charge in [-0.3, -0.25) is 9.59 Å². The molecular formula is C16H26N2O2. The molecule has 2 saturated carbocycles. The molecule has 1 spiro atoms. The molecule has 112 valence electrons. The van der Waals surface area contributed by atoms with Crippen LogP contribution in [0.5, 0.6) is 0 Å². The first-order valence-corrected chi connectivity index (χ1v) is 8.23. The number of nitrogens with one attached hydrogen (secondary N) is 1. The maximum Gasteiger partial charge on any atom is 0.249 e. The van der Waals surface area contributed by atoms with Crippen molar-refractivity contribution in [2.75, 3.05) is 6.54 Å². The summed E-state index contributed by atoms with van der Waals surface area (Å²) in [5.41, 5.74) is -0.548. The summed E-state index contributed by atoms with van der Waals surface area (Å²) in [6.07, 6.45) is 9.54. The lowest BCUT2D eigenvalue weighted by molar-refractivity contribution is -0.152. The molecule has 4 heteroatoms. The Kier molecular flexibility index (Phi) is 3.74. The summed E-state index contributed by atoms with van der Waals surface area (Å²) >= 11 is 0. The van der Waals surface area contributed by atoms with Gasteiger partial charge in [0.2, 0.25) is 11.8 Å². The third kappa shape index (κ3) is 2.45. The molecule has 4 nitrogen and oxygen atoms in total. The first kappa shape index (κ1) is 13.9. The van der Waals surface area contributed by atoms with E-state index in [0.29, 0.717) is 0 Å². The van der Waals surface area contributed by atoms with E-state index in [-0.39, 0.29) is 24.4 Å². The SMILES string of the molecule is CC1CCCC(N2CC(=O)NC3(CCCC3)C2=O)CC1. The molecule has 3 aliphatic rings. The molecule has 0 radical (unpaired) electrons. The number of hydrogen-bond acceptors (Lipinski definition) is 2. The van der Waals surface area contributed by atoms with Crippen molar-refractivity contribution in [3.05, 3.63) is 0 Å². The Morgan fingerprint density at radius 2 is 1.80 bits per heavy atom. The molecule has 0 bridgehead atoms. The van der Waals surface area contributed by atoms with Crippen LogP contribution in [0.4, 0.5) is 0 Å². The highest BCUT2D eigenvalue weighted by Gasteiger charge is 2.49. The molecule has 2 atom stereocenters. The summed E-state index contributed by atoms with van der Waals surface area (Å²) in [6.45, 7) is 2.57. The first-order chi connectivity index (χ1) is 9.61. The molecule has 3 fully saturated rings. The van der Waals surface area contributed by atoms with Crippen molar-refractivity contribution in [2.24, 2.45) is 5.92 Å². The summed E-state index contributed by atoms with van der Waals surface area (Å²) < 4.78 is 0. The van der Waals surface area contributed by atoms with Gasteiger partial charge in [0.25, 0.3) is 0 Å². The van der Waals surface area contributed by atoms with Crippen molar-refractivity contribution in [3.63, 3.8) is 0 Å². The van der Waals surface area contributed by atoms with Gasteiger partial charge in [0, 0.05) is 6.04 Å². The summed E-state index contributed by atoms with van der Waals surface area (Å²) in [6, 6.07) is 0.288. The maximum absolute atomic E-state index is 12.9. The van der Waals surface area contributed by atoms with Crippen LogP contribution in [0.2, 0.25) is 0 Å². The predicted octanol–water partition coefficient (Wildman–Crippen LogP) is 2.23. The predicted molar refractivity (Wildman–Crippen MR) is 77.1 cm³/mol. The smallest absolute Gasteiger partial charge is 0.249 e. The van der Waals surface area contributed by atoms with Crippen molar-refractivity contribution in [1.82, 2.24) is 10.2 Å². The van der Waals surface area contributed by atoms with Crippen LogP contribution >= 0.6 is 0 Å². The van der Waals surface area contributed by atoms with Crippen LogP contribution in [0.1, 0.15) is 64.7 Å². The van der Waals surface area contributed by atoms with E-state index >= 15 is 0 Å². The standard InChI is InChI=1S/C16H26N2O2/c1-12-5-4-6-13(8-7-12)18-11-14(19)17-16(15(18)20)9-2-3-10-16/h12-13H,2-11H2,1H3,(H,17,19). The van der Waals surface area contributed by atoms with Gasteiger partial charge in [-0.25, -0.2) is 0 Å². The topological polar surface area (TPSA) is 49.4 Å². The van der Waals surface area contributed by atoms with E-state index in [0.717, 1.165) is 44.4 Å². The van der Waals surface area contributed by atoms with Gasteiger partial charge in [-0.2, -0.15) is 0 Å². The molecule has 1 aliphatic heterocycles. The second kappa shape index (κ2) is 5.38. The quantitative estimate of drug-likeness (QED) is 0.748. The van der Waals surface area contributed by atoms with Gasteiger partial charge in [0.15, 0.2) is 0 Å². The third-order valence-electron chi connectivity index (χ3n) is 5.49. The number of nitrogens with zero attached hydrogens (tertiary/aromatic N) is 1. The van der Waals surface area contributed by atoms with Crippen LogP contribution in [-0.2, 0) is 9.59 Å². The molecule has 2 amide bonds. The summed E-state index contributed by atoms with van der Waals surface area (Å²) in [5.74, 6) is 1.01. The molecule has 1 heterocycles. The van der Waals surface area contributed by atoms with Crippen LogP contribution in [-0.4, -0.2) is 34.8 Å². The Hall–Kier alpha value is -1.06. The Balaban J connectivity index is 1.77. The number of carbonyl (C=O) groups is 2. The minimum atomic E-state index is -0.548. The fourth-order valence-electron chi connectivity index (χ4n) is 4.25. The van der Waals surface area contributed by atoms with Crippen molar-refractivity contribution in [2.45, 2.75) is 76.3 Å². The first-order valence-electron chi connectivity index (χ1n) is 8.23. The second-order valence-electron chi connectivity index (χ2n) is 7.04. The Bertz CT molecular complexity index is 401. The van der Waals surface area contributed by atoms with E-state index in [1.54, 1.807) is 0 Å². The normalized spacial score (nSPS) is 34.1. The van der Waals surface area contributed by atoms with E-state index in [1.807, 2.05) is 4.90 Å². The van der Waals surface area contributed by atoms with Gasteiger partial charge in [-0.1, -0.05) is 32.6 Å². The van der Waals surface area contributed by atoms with Crippen LogP contribution in [0.15, 0.2) is 0 Å². The van der Waals surface area contributed by atoms with Gasteiger partial charge in [0.05, 0.1) is 6.54 Å². The number of amides is 2. The molecule has 0 aromatic rings. The van der Waals surface area contributed by atoms with Gasteiger partial charge < -0.3 is 10.2 Å². The lowest BCUT2D eigenvalue weighted by atomic mass is 9.91. The molecule has 0 aromatic carbocycles. The van der Waals surface area contributed by atoms with Crippen molar-refractivity contribution < 1.29 is 9.59 Å². The number of rotatable bonds is 1. The highest BCUT2D eigenvalue weighted by atomic mass is 16.2. The number of carbonyl (C=O) groups excluding carboxylic acids is 2. The average molecular weight is 278 g/mol. The molecule has 1 N–H and O–H groups in total. The molecule has 0 aromatic heterocycles. The van der Waals surface area contributed by atoms with Gasteiger partial charge in [0.1, 0.15) is 5.54 Å². The van der Waals surface area contributed by atoms with Gasteiger partial charge >= 0.3 is 0 Å². The van der Waals surface area contributed by atoms with E-state index in [2.05, 4.69) is 12.2 Å². The Labute approximate surface area is 121 Å². The molecule has 2 aliphatic carbocycles. The minimum Gasteiger partial charge on any atom is -0.340 e. The maximum atomic E-state index is 12.9. The molecule has 20 heavy (non-hydrogen) atoms. The molecule has 1 saturated heterocycles. The highest BCUT2D eigenvalue weighted by Crippen LogP contribution is 2.36. The highest BCUT2D eigenvalue weighted by molar-refractivity contribution is 5.98. The van der Waals surface area contributed by atoms with Gasteiger partial charge in [-0.15, -0.1) is 0 Å². The lowest BCUT2D eigenvalue weighted by Crippen LogP contribution is -2.67. The lowest BCUT2D eigenvalue weighted by Gasteiger charge is -2.43. The molecular weight excluding hydrogens is 252 g/mol. The monoisotopic (exact) mass is 278 g/mol. The minimum absolute atomic E-state index is 0.0452. The van der Waals surface area contributed by atoms with Crippen molar-refractivity contribution in [3.8, 4) is 0 Å². The van der Waals surface area contributed by atoms with Crippen LogP contribution in [0.25, 0.3) is 0 Å². The largest absolute Gasteiger partial charge is 0.340 e. The Morgan fingerprint density at radius 3 is 2.55 bits per heavy atom. The molecule has 3 rings (SSSR count). The average Bonchev–Trinajstić information content (AvgIpc) is 2.77. The fraction of sp³-hybridized carbons (Fsp3) is 0.875. The van der Waals surface area contributed by atoms with Crippen molar-refractivity contribution in [1.29, 1.82) is 0 Å². The third-order valence-corrected chi connectivity index (χ3v) is 5.49. The Morgan fingerprint density at radius 1 is 1.05 bits per heavy atom. The summed E-state index contributed by atoms with van der Waals surface area (Å²) in [5, 5.41) is 3.00. The van der Waals surface area contributed by atoms with E-state index in [9.17, 15) is 9.59 Å². The number of hydrogen-bond donors (Lipinski definition) is 1. The zero-order chi connectivity index (χ0) is 14.2. The zero-order valence-corrected chi connectivity index (χ0v) is 12.5. The summed E-state index contributed by atoms with van der Waals surface area (Å²) in [7, 11) is 0. The summed E-state index contributed by atoms with van der Waals surface area (Å²) in [4.78, 5) is 26.9.